The first-order valence-corrected chi connectivity index (χ1v) is 17.3. The first-order valence-electron chi connectivity index (χ1n) is 15.6. The molecule has 2 atom stereocenters. The Balaban J connectivity index is 4.45. The van der Waals surface area contributed by atoms with E-state index in [1.807, 2.05) is 0 Å². The summed E-state index contributed by atoms with van der Waals surface area (Å²) in [5.41, 5.74) is -0.519. The van der Waals surface area contributed by atoms with Gasteiger partial charge in [0.2, 0.25) is 10.5 Å². The second-order valence-electron chi connectivity index (χ2n) is 11.5. The van der Waals surface area contributed by atoms with Gasteiger partial charge in [-0.25, -0.2) is 0 Å². The standard InChI is InChI=1S/C31H61NO2SSi/c1-5-7-9-11-13-14-15-16-17-18-20-21-23-25-28(31(3,4)30(33)34-36)29(35-27-32)26-24-22-19-12-10-8-6-2/h28-29H,5-26H2,1-4,36H3. The zero-order valence-corrected chi connectivity index (χ0v) is 27.7. The van der Waals surface area contributed by atoms with Crippen molar-refractivity contribution in [1.82, 2.24) is 0 Å². The second kappa shape index (κ2) is 24.8. The second-order valence-corrected chi connectivity index (χ2v) is 12.9. The lowest BCUT2D eigenvalue weighted by molar-refractivity contribution is -0.147. The normalized spacial score (nSPS) is 13.4. The predicted octanol–water partition coefficient (Wildman–Crippen LogP) is 9.66. The lowest BCUT2D eigenvalue weighted by Gasteiger charge is -2.37. The van der Waals surface area contributed by atoms with Gasteiger partial charge in [0.1, 0.15) is 5.40 Å². The average Bonchev–Trinajstić information content (AvgIpc) is 2.87. The first-order chi connectivity index (χ1) is 17.4. The Kier molecular flexibility index (Phi) is 24.5. The van der Waals surface area contributed by atoms with Gasteiger partial charge in [-0.1, -0.05) is 142 Å². The molecular weight excluding hydrogens is 478 g/mol. The highest BCUT2D eigenvalue weighted by Gasteiger charge is 2.41. The van der Waals surface area contributed by atoms with Gasteiger partial charge in [0.25, 0.3) is 5.97 Å². The average molecular weight is 540 g/mol. The highest BCUT2D eigenvalue weighted by Crippen LogP contribution is 2.41. The smallest absolute Gasteiger partial charge is 0.297 e. The molecule has 0 aromatic carbocycles. The largest absolute Gasteiger partial charge is 0.528 e. The first kappa shape index (κ1) is 35.5. The summed E-state index contributed by atoms with van der Waals surface area (Å²) in [5.74, 6) is 0.133. The van der Waals surface area contributed by atoms with Crippen LogP contribution in [0.5, 0.6) is 0 Å². The molecular formula is C31H61NO2SSi. The maximum absolute atomic E-state index is 12.7. The quantitative estimate of drug-likeness (QED) is 0.0623. The number of hydrogen-bond donors (Lipinski definition) is 0. The Morgan fingerprint density at radius 2 is 1.08 bits per heavy atom. The summed E-state index contributed by atoms with van der Waals surface area (Å²) >= 11 is 1.41. The summed E-state index contributed by atoms with van der Waals surface area (Å²) in [6, 6.07) is 0. The van der Waals surface area contributed by atoms with E-state index in [0.717, 1.165) is 25.7 Å². The zero-order valence-electron chi connectivity index (χ0n) is 24.9. The molecule has 2 unspecified atom stereocenters. The number of nitriles is 1. The van der Waals surface area contributed by atoms with Crippen LogP contribution in [0.3, 0.4) is 0 Å². The SMILES string of the molecule is CCCCCCCCCCCCCCCC(C(CCCCCCCCC)SC#N)C(C)(C)C(=O)O[SiH3]. The number of rotatable bonds is 26. The Morgan fingerprint density at radius 1 is 0.722 bits per heavy atom. The molecule has 0 heterocycles. The van der Waals surface area contributed by atoms with E-state index in [4.69, 9.17) is 4.43 Å². The summed E-state index contributed by atoms with van der Waals surface area (Å²) < 4.78 is 5.33. The van der Waals surface area contributed by atoms with Gasteiger partial charge in [-0.2, -0.15) is 5.26 Å². The van der Waals surface area contributed by atoms with E-state index >= 15 is 0 Å². The Hall–Kier alpha value is -0.473. The van der Waals surface area contributed by atoms with Crippen molar-refractivity contribution in [2.45, 2.75) is 174 Å². The van der Waals surface area contributed by atoms with Crippen molar-refractivity contribution in [3.05, 3.63) is 0 Å². The van der Waals surface area contributed by atoms with Crippen LogP contribution in [-0.4, -0.2) is 21.7 Å². The van der Waals surface area contributed by atoms with E-state index < -0.39 is 5.41 Å². The predicted molar refractivity (Wildman–Crippen MR) is 163 cm³/mol. The molecule has 0 saturated heterocycles. The number of unbranched alkanes of at least 4 members (excludes halogenated alkanes) is 18. The monoisotopic (exact) mass is 539 g/mol. The number of nitrogens with zero attached hydrogens (tertiary/aromatic N) is 1. The highest BCUT2D eigenvalue weighted by atomic mass is 32.2. The van der Waals surface area contributed by atoms with Crippen LogP contribution in [0.25, 0.3) is 0 Å². The van der Waals surface area contributed by atoms with Gasteiger partial charge >= 0.3 is 0 Å². The van der Waals surface area contributed by atoms with E-state index in [0.29, 0.717) is 10.5 Å². The molecule has 0 N–H and O–H groups in total. The van der Waals surface area contributed by atoms with E-state index in [9.17, 15) is 10.1 Å². The fourth-order valence-corrected chi connectivity index (χ4v) is 7.11. The molecule has 3 nitrogen and oxygen atoms in total. The fraction of sp³-hybridized carbons (Fsp3) is 0.935. The lowest BCUT2D eigenvalue weighted by atomic mass is 9.73. The molecule has 0 aliphatic carbocycles. The lowest BCUT2D eigenvalue weighted by Crippen LogP contribution is -2.39. The molecule has 212 valence electrons. The van der Waals surface area contributed by atoms with Crippen molar-refractivity contribution in [2.24, 2.45) is 11.3 Å². The van der Waals surface area contributed by atoms with E-state index in [1.54, 1.807) is 0 Å². The molecule has 0 bridgehead atoms. The summed E-state index contributed by atoms with van der Waals surface area (Å²) in [6.07, 6.45) is 28.6. The van der Waals surface area contributed by atoms with Crippen LogP contribution in [-0.2, 0) is 9.22 Å². The molecule has 0 aromatic rings. The molecule has 0 fully saturated rings. The van der Waals surface area contributed by atoms with Gasteiger partial charge in [0, 0.05) is 5.25 Å². The van der Waals surface area contributed by atoms with Crippen molar-refractivity contribution in [1.29, 1.82) is 5.26 Å². The fourth-order valence-electron chi connectivity index (χ4n) is 5.52. The molecule has 0 radical (unpaired) electrons. The van der Waals surface area contributed by atoms with Gasteiger partial charge < -0.3 is 4.43 Å². The van der Waals surface area contributed by atoms with Crippen LogP contribution >= 0.6 is 11.8 Å². The van der Waals surface area contributed by atoms with Gasteiger partial charge in [0.05, 0.1) is 5.41 Å². The number of hydrogen-bond acceptors (Lipinski definition) is 4. The third-order valence-electron chi connectivity index (χ3n) is 8.00. The molecule has 36 heavy (non-hydrogen) atoms. The minimum atomic E-state index is -0.519. The number of thiocyanates is 1. The Labute approximate surface area is 233 Å². The van der Waals surface area contributed by atoms with E-state index in [1.165, 1.54) is 127 Å². The molecule has 0 spiro atoms. The Bertz CT molecular complexity index is 549. The maximum Gasteiger partial charge on any atom is 0.297 e. The number of carbonyl (C=O) groups is 1. The third kappa shape index (κ3) is 17.9. The van der Waals surface area contributed by atoms with E-state index in [2.05, 4.69) is 33.1 Å². The molecule has 0 aliphatic heterocycles. The molecule has 0 aliphatic rings. The van der Waals surface area contributed by atoms with Gasteiger partial charge in [-0.05, 0) is 44.4 Å². The Morgan fingerprint density at radius 3 is 1.44 bits per heavy atom. The van der Waals surface area contributed by atoms with Crippen LogP contribution in [0.1, 0.15) is 169 Å². The molecule has 0 amide bonds. The minimum Gasteiger partial charge on any atom is -0.528 e. The van der Waals surface area contributed by atoms with Crippen molar-refractivity contribution in [3.63, 3.8) is 0 Å². The van der Waals surface area contributed by atoms with Gasteiger partial charge in [-0.15, -0.1) is 0 Å². The van der Waals surface area contributed by atoms with Gasteiger partial charge in [-0.3, -0.25) is 4.79 Å². The number of carbonyl (C=O) groups excluding carboxylic acids is 1. The van der Waals surface area contributed by atoms with Crippen LogP contribution in [0.15, 0.2) is 0 Å². The van der Waals surface area contributed by atoms with Crippen molar-refractivity contribution in [3.8, 4) is 5.40 Å². The molecule has 0 aromatic heterocycles. The minimum absolute atomic E-state index is 0.0723. The van der Waals surface area contributed by atoms with Crippen molar-refractivity contribution in [2.75, 3.05) is 0 Å². The van der Waals surface area contributed by atoms with Crippen LogP contribution in [0.4, 0.5) is 0 Å². The highest BCUT2D eigenvalue weighted by molar-refractivity contribution is 8.04. The summed E-state index contributed by atoms with van der Waals surface area (Å²) in [7, 11) is 0.437. The molecule has 0 rings (SSSR count). The van der Waals surface area contributed by atoms with Crippen LogP contribution in [0.2, 0.25) is 0 Å². The summed E-state index contributed by atoms with van der Waals surface area (Å²) in [5, 5.41) is 12.1. The third-order valence-corrected chi connectivity index (χ3v) is 9.35. The maximum atomic E-state index is 12.7. The van der Waals surface area contributed by atoms with Crippen molar-refractivity contribution >= 4 is 28.2 Å². The number of thioether (sulfide) groups is 1. The van der Waals surface area contributed by atoms with Crippen molar-refractivity contribution < 1.29 is 9.22 Å². The summed E-state index contributed by atoms with van der Waals surface area (Å²) in [4.78, 5) is 12.7. The van der Waals surface area contributed by atoms with Crippen LogP contribution < -0.4 is 0 Å². The summed E-state index contributed by atoms with van der Waals surface area (Å²) in [6.45, 7) is 8.64. The van der Waals surface area contributed by atoms with Crippen LogP contribution in [0, 0.1) is 22.0 Å². The molecule has 5 heteroatoms. The van der Waals surface area contributed by atoms with E-state index in [-0.39, 0.29) is 17.1 Å². The zero-order chi connectivity index (χ0) is 26.9. The molecule has 0 saturated carbocycles. The van der Waals surface area contributed by atoms with Gasteiger partial charge in [0.15, 0.2) is 0 Å². The topological polar surface area (TPSA) is 50.1 Å².